The molecule has 1 saturated heterocycles. The summed E-state index contributed by atoms with van der Waals surface area (Å²) in [7, 11) is 0. The Morgan fingerprint density at radius 2 is 2.35 bits per heavy atom. The number of nitriles is 1. The van der Waals surface area contributed by atoms with Crippen molar-refractivity contribution in [1.29, 1.82) is 5.26 Å². The van der Waals surface area contributed by atoms with Gasteiger partial charge in [-0.2, -0.15) is 5.26 Å². The first-order chi connectivity index (χ1) is 11.2. The van der Waals surface area contributed by atoms with Gasteiger partial charge in [-0.15, -0.1) is 0 Å². The van der Waals surface area contributed by atoms with Crippen molar-refractivity contribution in [3.8, 4) is 6.07 Å². The van der Waals surface area contributed by atoms with Crippen LogP contribution in [0.3, 0.4) is 0 Å². The quantitative estimate of drug-likeness (QED) is 0.695. The Balaban J connectivity index is 1.73. The van der Waals surface area contributed by atoms with E-state index in [-0.39, 0.29) is 17.5 Å². The maximum absolute atomic E-state index is 13.2. The highest BCUT2D eigenvalue weighted by molar-refractivity contribution is 6.01. The second-order valence-corrected chi connectivity index (χ2v) is 5.35. The third-order valence-electron chi connectivity index (χ3n) is 3.66. The summed E-state index contributed by atoms with van der Waals surface area (Å²) < 4.78 is 24.1. The van der Waals surface area contributed by atoms with Gasteiger partial charge in [0.1, 0.15) is 28.8 Å². The van der Waals surface area contributed by atoms with E-state index in [1.807, 2.05) is 6.07 Å². The summed E-state index contributed by atoms with van der Waals surface area (Å²) in [5.41, 5.74) is 0.428. The van der Waals surface area contributed by atoms with Crippen LogP contribution in [0, 0.1) is 17.1 Å². The molecule has 1 unspecified atom stereocenters. The number of nitrogens with zero attached hydrogens (tertiary/aromatic N) is 1. The number of ether oxygens (including phenoxy) is 1. The number of fused-ring (bicyclic) bond motifs is 1. The van der Waals surface area contributed by atoms with Crippen LogP contribution in [0.2, 0.25) is 0 Å². The molecule has 1 amide bonds. The first-order valence-corrected chi connectivity index (χ1v) is 7.36. The smallest absolute Gasteiger partial charge is 0.262 e. The van der Waals surface area contributed by atoms with Crippen molar-refractivity contribution < 1.29 is 18.3 Å². The zero-order valence-electron chi connectivity index (χ0n) is 12.3. The number of hydrogen-bond donors (Lipinski definition) is 1. The molecule has 1 aromatic heterocycles. The fraction of sp³-hybridized carbons (Fsp3) is 0.294. The molecular formula is C17H15FN2O3. The standard InChI is InChI=1S/C17H15FN2O3/c18-13-3-4-16-11(6-13)7-15(23-16)8-12(9-19)17(21)20-10-14-2-1-5-22-14/h3-4,6-8,14H,1-2,5,10H2,(H,20,21). The summed E-state index contributed by atoms with van der Waals surface area (Å²) in [6.07, 6.45) is 3.24. The third-order valence-corrected chi connectivity index (χ3v) is 3.66. The van der Waals surface area contributed by atoms with Gasteiger partial charge in [-0.3, -0.25) is 4.79 Å². The normalized spacial score (nSPS) is 18.1. The Hall–Kier alpha value is -2.65. The van der Waals surface area contributed by atoms with Crippen LogP contribution >= 0.6 is 0 Å². The largest absolute Gasteiger partial charge is 0.457 e. The maximum Gasteiger partial charge on any atom is 0.262 e. The molecule has 3 rings (SSSR count). The van der Waals surface area contributed by atoms with E-state index in [1.54, 1.807) is 6.07 Å². The number of furan rings is 1. The highest BCUT2D eigenvalue weighted by Crippen LogP contribution is 2.22. The van der Waals surface area contributed by atoms with Gasteiger partial charge in [-0.1, -0.05) is 0 Å². The molecule has 118 valence electrons. The lowest BCUT2D eigenvalue weighted by Gasteiger charge is -2.09. The number of nitrogens with one attached hydrogen (secondary N) is 1. The Morgan fingerprint density at radius 3 is 3.09 bits per heavy atom. The second-order valence-electron chi connectivity index (χ2n) is 5.35. The van der Waals surface area contributed by atoms with Gasteiger partial charge in [-0.25, -0.2) is 4.39 Å². The molecule has 0 radical (unpaired) electrons. The van der Waals surface area contributed by atoms with E-state index in [1.165, 1.54) is 24.3 Å². The molecule has 0 spiro atoms. The van der Waals surface area contributed by atoms with Crippen LogP contribution < -0.4 is 5.32 Å². The molecule has 1 aromatic carbocycles. The average molecular weight is 314 g/mol. The number of rotatable bonds is 4. The van der Waals surface area contributed by atoms with Gasteiger partial charge in [0, 0.05) is 24.6 Å². The SMILES string of the molecule is N#CC(=Cc1cc2cc(F)ccc2o1)C(=O)NCC1CCCO1. The lowest BCUT2D eigenvalue weighted by Crippen LogP contribution is -2.32. The van der Waals surface area contributed by atoms with Gasteiger partial charge in [0.15, 0.2) is 0 Å². The number of amides is 1. The highest BCUT2D eigenvalue weighted by atomic mass is 19.1. The number of carbonyl (C=O) groups excluding carboxylic acids is 1. The highest BCUT2D eigenvalue weighted by Gasteiger charge is 2.18. The molecule has 1 atom stereocenters. The number of carbonyl (C=O) groups is 1. The zero-order valence-corrected chi connectivity index (χ0v) is 12.3. The average Bonchev–Trinajstić information content (AvgIpc) is 3.18. The lowest BCUT2D eigenvalue weighted by atomic mass is 10.2. The number of benzene rings is 1. The molecule has 2 aromatic rings. The van der Waals surface area contributed by atoms with Crippen LogP contribution in [0.1, 0.15) is 18.6 Å². The van der Waals surface area contributed by atoms with Crippen molar-refractivity contribution in [3.05, 3.63) is 41.4 Å². The maximum atomic E-state index is 13.2. The van der Waals surface area contributed by atoms with Crippen molar-refractivity contribution in [3.63, 3.8) is 0 Å². The summed E-state index contributed by atoms with van der Waals surface area (Å²) in [5.74, 6) is -0.521. The van der Waals surface area contributed by atoms with Gasteiger partial charge in [0.2, 0.25) is 0 Å². The van der Waals surface area contributed by atoms with Crippen LogP contribution in [0.4, 0.5) is 4.39 Å². The fourth-order valence-electron chi connectivity index (χ4n) is 2.50. The minimum absolute atomic E-state index is 0.00747. The van der Waals surface area contributed by atoms with E-state index in [0.29, 0.717) is 29.9 Å². The zero-order chi connectivity index (χ0) is 16.2. The van der Waals surface area contributed by atoms with Gasteiger partial charge < -0.3 is 14.5 Å². The summed E-state index contributed by atoms with van der Waals surface area (Å²) in [5, 5.41) is 12.4. The van der Waals surface area contributed by atoms with E-state index in [9.17, 15) is 9.18 Å². The van der Waals surface area contributed by atoms with E-state index in [0.717, 1.165) is 12.8 Å². The Bertz CT molecular complexity index is 798. The van der Waals surface area contributed by atoms with E-state index >= 15 is 0 Å². The molecule has 2 heterocycles. The van der Waals surface area contributed by atoms with Gasteiger partial charge in [-0.05, 0) is 37.1 Å². The molecule has 1 aliphatic heterocycles. The van der Waals surface area contributed by atoms with Gasteiger partial charge >= 0.3 is 0 Å². The molecule has 5 nitrogen and oxygen atoms in total. The van der Waals surface area contributed by atoms with Crippen molar-refractivity contribution in [2.75, 3.05) is 13.2 Å². The van der Waals surface area contributed by atoms with Gasteiger partial charge in [0.25, 0.3) is 5.91 Å². The molecule has 0 bridgehead atoms. The Labute approximate surface area is 132 Å². The van der Waals surface area contributed by atoms with E-state index < -0.39 is 5.91 Å². The topological polar surface area (TPSA) is 75.3 Å². The lowest BCUT2D eigenvalue weighted by molar-refractivity contribution is -0.117. The summed E-state index contributed by atoms with van der Waals surface area (Å²) in [6, 6.07) is 7.57. The van der Waals surface area contributed by atoms with Crippen LogP contribution in [0.15, 0.2) is 34.3 Å². The third kappa shape index (κ3) is 3.58. The minimum Gasteiger partial charge on any atom is -0.457 e. The Kier molecular flexibility index (Phi) is 4.40. The first-order valence-electron chi connectivity index (χ1n) is 7.36. The second kappa shape index (κ2) is 6.63. The molecule has 0 saturated carbocycles. The summed E-state index contributed by atoms with van der Waals surface area (Å²) in [6.45, 7) is 1.08. The van der Waals surface area contributed by atoms with Crippen molar-refractivity contribution >= 4 is 23.0 Å². The molecule has 0 aliphatic carbocycles. The molecule has 1 N–H and O–H groups in total. The van der Waals surface area contributed by atoms with Crippen LogP contribution in [-0.4, -0.2) is 25.2 Å². The predicted octanol–water partition coefficient (Wildman–Crippen LogP) is 2.77. The van der Waals surface area contributed by atoms with Gasteiger partial charge in [0.05, 0.1) is 6.10 Å². The van der Waals surface area contributed by atoms with E-state index in [2.05, 4.69) is 5.32 Å². The van der Waals surface area contributed by atoms with E-state index in [4.69, 9.17) is 14.4 Å². The first kappa shape index (κ1) is 15.3. The number of halogens is 1. The van der Waals surface area contributed by atoms with Crippen LogP contribution in [-0.2, 0) is 9.53 Å². The molecule has 1 fully saturated rings. The van der Waals surface area contributed by atoms with Crippen LogP contribution in [0.5, 0.6) is 0 Å². The van der Waals surface area contributed by atoms with Crippen LogP contribution in [0.25, 0.3) is 17.0 Å². The fourth-order valence-corrected chi connectivity index (χ4v) is 2.50. The minimum atomic E-state index is -0.477. The molecule has 1 aliphatic rings. The predicted molar refractivity (Wildman–Crippen MR) is 81.7 cm³/mol. The Morgan fingerprint density at radius 1 is 1.48 bits per heavy atom. The number of hydrogen-bond acceptors (Lipinski definition) is 4. The van der Waals surface area contributed by atoms with Crippen molar-refractivity contribution in [2.45, 2.75) is 18.9 Å². The van der Waals surface area contributed by atoms with Crippen molar-refractivity contribution in [1.82, 2.24) is 5.32 Å². The van der Waals surface area contributed by atoms with Crippen molar-refractivity contribution in [2.24, 2.45) is 0 Å². The molecule has 23 heavy (non-hydrogen) atoms. The molecular weight excluding hydrogens is 299 g/mol. The molecule has 6 heteroatoms. The monoisotopic (exact) mass is 314 g/mol. The summed E-state index contributed by atoms with van der Waals surface area (Å²) in [4.78, 5) is 12.0. The summed E-state index contributed by atoms with van der Waals surface area (Å²) >= 11 is 0.